The summed E-state index contributed by atoms with van der Waals surface area (Å²) >= 11 is 0. The van der Waals surface area contributed by atoms with Crippen molar-refractivity contribution in [2.24, 2.45) is 17.8 Å². The number of hydrogen-bond donors (Lipinski definition) is 2. The molecule has 1 amide bonds. The van der Waals surface area contributed by atoms with Gasteiger partial charge in [-0.2, -0.15) is 0 Å². The second-order valence-electron chi connectivity index (χ2n) is 11.5. The standard InChI is InChI=1S/C32H36N2O3/c1-21-16-22-18-23(17-21)20-32(2,19-22)25-10-12-26(13-11-25)33-30(35)24-8-14-27(15-9-24)34(3)29-7-5-4-6-28(29)31(36)37/h4-15,21-23H,16-20H2,1-3H3,(H,33,35)(H,36,37). The molecule has 37 heavy (non-hydrogen) atoms. The lowest BCUT2D eigenvalue weighted by Crippen LogP contribution is -2.38. The van der Waals surface area contributed by atoms with Crippen LogP contribution in [0.25, 0.3) is 0 Å². The number of nitrogens with zero attached hydrogens (tertiary/aromatic N) is 1. The summed E-state index contributed by atoms with van der Waals surface area (Å²) in [5, 5.41) is 12.5. The van der Waals surface area contributed by atoms with E-state index in [0.29, 0.717) is 11.3 Å². The number of benzene rings is 3. The van der Waals surface area contributed by atoms with Gasteiger partial charge in [-0.1, -0.05) is 38.1 Å². The number of anilines is 3. The molecule has 2 atom stereocenters. The predicted octanol–water partition coefficient (Wildman–Crippen LogP) is 7.51. The zero-order valence-corrected chi connectivity index (χ0v) is 21.9. The molecule has 5 nitrogen and oxygen atoms in total. The van der Waals surface area contributed by atoms with Crippen LogP contribution in [0.2, 0.25) is 0 Å². The number of carboxylic acid groups (broad SMARTS) is 1. The molecule has 0 aromatic heterocycles. The molecular weight excluding hydrogens is 460 g/mol. The Morgan fingerprint density at radius 1 is 0.892 bits per heavy atom. The van der Waals surface area contributed by atoms with Crippen LogP contribution < -0.4 is 10.2 Å². The number of carbonyl (C=O) groups excluding carboxylic acids is 1. The number of fused-ring (bicyclic) bond motifs is 2. The Morgan fingerprint density at radius 2 is 1.51 bits per heavy atom. The van der Waals surface area contributed by atoms with E-state index in [9.17, 15) is 14.7 Å². The number of para-hydroxylation sites is 1. The Morgan fingerprint density at radius 3 is 2.14 bits per heavy atom. The molecule has 2 unspecified atom stereocenters. The Hall–Kier alpha value is -3.60. The van der Waals surface area contributed by atoms with Crippen molar-refractivity contribution in [3.8, 4) is 0 Å². The third-order valence-corrected chi connectivity index (χ3v) is 8.47. The summed E-state index contributed by atoms with van der Waals surface area (Å²) in [6.45, 7) is 4.83. The minimum Gasteiger partial charge on any atom is -0.478 e. The van der Waals surface area contributed by atoms with Crippen LogP contribution >= 0.6 is 0 Å². The normalized spacial score (nSPS) is 24.8. The first kappa shape index (κ1) is 25.1. The van der Waals surface area contributed by atoms with E-state index in [1.165, 1.54) is 37.7 Å². The molecule has 0 radical (unpaired) electrons. The highest BCUT2D eigenvalue weighted by molar-refractivity contribution is 6.04. The molecule has 2 aliphatic carbocycles. The lowest BCUT2D eigenvalue weighted by atomic mass is 9.57. The number of hydrogen-bond acceptors (Lipinski definition) is 3. The third-order valence-electron chi connectivity index (χ3n) is 8.47. The number of nitrogens with one attached hydrogen (secondary N) is 1. The molecule has 5 heteroatoms. The van der Waals surface area contributed by atoms with Gasteiger partial charge in [-0.15, -0.1) is 0 Å². The van der Waals surface area contributed by atoms with Crippen molar-refractivity contribution >= 4 is 28.9 Å². The van der Waals surface area contributed by atoms with Gasteiger partial charge in [0.05, 0.1) is 11.3 Å². The van der Waals surface area contributed by atoms with Gasteiger partial charge >= 0.3 is 5.97 Å². The summed E-state index contributed by atoms with van der Waals surface area (Å²) < 4.78 is 0. The van der Waals surface area contributed by atoms with Crippen molar-refractivity contribution in [2.75, 3.05) is 17.3 Å². The summed E-state index contributed by atoms with van der Waals surface area (Å²) in [6.07, 6.45) is 6.64. The summed E-state index contributed by atoms with van der Waals surface area (Å²) in [5.74, 6) is 1.40. The molecule has 0 heterocycles. The van der Waals surface area contributed by atoms with Gasteiger partial charge in [0.2, 0.25) is 0 Å². The van der Waals surface area contributed by atoms with Crippen LogP contribution in [0, 0.1) is 17.8 Å². The van der Waals surface area contributed by atoms with Gasteiger partial charge in [0.15, 0.2) is 0 Å². The average Bonchev–Trinajstić information content (AvgIpc) is 2.88. The molecular formula is C32H36N2O3. The summed E-state index contributed by atoms with van der Waals surface area (Å²) in [6, 6.07) is 22.5. The zero-order valence-electron chi connectivity index (χ0n) is 21.9. The molecule has 192 valence electrons. The van der Waals surface area contributed by atoms with Crippen molar-refractivity contribution in [3.63, 3.8) is 0 Å². The van der Waals surface area contributed by atoms with Gasteiger partial charge in [-0.3, -0.25) is 4.79 Å². The highest BCUT2D eigenvalue weighted by Crippen LogP contribution is 2.51. The van der Waals surface area contributed by atoms with Gasteiger partial charge in [0.1, 0.15) is 0 Å². The lowest BCUT2D eigenvalue weighted by Gasteiger charge is -2.47. The second kappa shape index (κ2) is 10.0. The maximum atomic E-state index is 12.9. The Labute approximate surface area is 219 Å². The van der Waals surface area contributed by atoms with Gasteiger partial charge < -0.3 is 15.3 Å². The lowest BCUT2D eigenvalue weighted by molar-refractivity contribution is 0.0697. The van der Waals surface area contributed by atoms with Crippen molar-refractivity contribution in [1.29, 1.82) is 0 Å². The highest BCUT2D eigenvalue weighted by Gasteiger charge is 2.41. The summed E-state index contributed by atoms with van der Waals surface area (Å²) in [7, 11) is 1.82. The second-order valence-corrected chi connectivity index (χ2v) is 11.5. The molecule has 5 rings (SSSR count). The fourth-order valence-electron chi connectivity index (χ4n) is 6.91. The Balaban J connectivity index is 1.25. The monoisotopic (exact) mass is 496 g/mol. The van der Waals surface area contributed by atoms with Crippen LogP contribution in [0.15, 0.2) is 72.8 Å². The van der Waals surface area contributed by atoms with Crippen molar-refractivity contribution in [2.45, 2.75) is 51.4 Å². The minimum absolute atomic E-state index is 0.166. The van der Waals surface area contributed by atoms with Gasteiger partial charge in [-0.25, -0.2) is 4.79 Å². The first-order valence-electron chi connectivity index (χ1n) is 13.3. The van der Waals surface area contributed by atoms with Crippen LogP contribution in [0.3, 0.4) is 0 Å². The van der Waals surface area contributed by atoms with Gasteiger partial charge in [-0.05, 0) is 109 Å². The quantitative estimate of drug-likeness (QED) is 0.370. The van der Waals surface area contributed by atoms with Crippen molar-refractivity contribution < 1.29 is 14.7 Å². The molecule has 2 N–H and O–H groups in total. The van der Waals surface area contributed by atoms with Crippen LogP contribution in [0.5, 0.6) is 0 Å². The molecule has 2 bridgehead atoms. The fraction of sp³-hybridized carbons (Fsp3) is 0.375. The molecule has 0 saturated heterocycles. The van der Waals surface area contributed by atoms with Crippen LogP contribution in [0.1, 0.15) is 72.2 Å². The zero-order chi connectivity index (χ0) is 26.2. The molecule has 3 aromatic rings. The van der Waals surface area contributed by atoms with E-state index >= 15 is 0 Å². The van der Waals surface area contributed by atoms with Gasteiger partial charge in [0, 0.05) is 24.0 Å². The number of carboxylic acids is 1. The summed E-state index contributed by atoms with van der Waals surface area (Å²) in [4.78, 5) is 26.3. The number of aromatic carboxylic acids is 1. The number of carbonyl (C=O) groups is 2. The summed E-state index contributed by atoms with van der Waals surface area (Å²) in [5.41, 5.74) is 4.56. The minimum atomic E-state index is -0.973. The molecule has 3 aromatic carbocycles. The fourth-order valence-corrected chi connectivity index (χ4v) is 6.91. The maximum absolute atomic E-state index is 12.9. The maximum Gasteiger partial charge on any atom is 0.337 e. The largest absolute Gasteiger partial charge is 0.478 e. The molecule has 0 spiro atoms. The molecule has 2 saturated carbocycles. The van der Waals surface area contributed by atoms with Crippen LogP contribution in [0.4, 0.5) is 17.1 Å². The first-order valence-corrected chi connectivity index (χ1v) is 13.3. The van der Waals surface area contributed by atoms with Crippen LogP contribution in [-0.4, -0.2) is 24.0 Å². The van der Waals surface area contributed by atoms with E-state index in [4.69, 9.17) is 0 Å². The average molecular weight is 497 g/mol. The molecule has 2 fully saturated rings. The van der Waals surface area contributed by atoms with E-state index in [2.05, 4.69) is 31.3 Å². The highest BCUT2D eigenvalue weighted by atomic mass is 16.4. The number of rotatable bonds is 6. The van der Waals surface area contributed by atoms with E-state index in [1.807, 2.05) is 42.3 Å². The third kappa shape index (κ3) is 5.27. The van der Waals surface area contributed by atoms with Gasteiger partial charge in [0.25, 0.3) is 5.91 Å². The Kier molecular flexibility index (Phi) is 6.80. The smallest absolute Gasteiger partial charge is 0.337 e. The van der Waals surface area contributed by atoms with Crippen molar-refractivity contribution in [1.82, 2.24) is 0 Å². The molecule has 2 aliphatic rings. The number of amides is 1. The molecule has 0 aliphatic heterocycles. The van der Waals surface area contributed by atoms with Crippen LogP contribution in [-0.2, 0) is 5.41 Å². The Bertz CT molecular complexity index is 1260. The van der Waals surface area contributed by atoms with E-state index in [0.717, 1.165) is 29.1 Å². The van der Waals surface area contributed by atoms with Crippen molar-refractivity contribution in [3.05, 3.63) is 89.5 Å². The van der Waals surface area contributed by atoms with E-state index in [-0.39, 0.29) is 16.9 Å². The van der Waals surface area contributed by atoms with E-state index < -0.39 is 5.97 Å². The first-order chi connectivity index (χ1) is 17.7. The topological polar surface area (TPSA) is 69.6 Å². The van der Waals surface area contributed by atoms with E-state index in [1.54, 1.807) is 30.3 Å². The SMILES string of the molecule is CC1CC2CC(C1)CC(C)(c1ccc(NC(=O)c3ccc(N(C)c4ccccc4C(=O)O)cc3)cc1)C2. The predicted molar refractivity (Wildman–Crippen MR) is 149 cm³/mol.